The lowest BCUT2D eigenvalue weighted by Gasteiger charge is -2.33. The summed E-state index contributed by atoms with van der Waals surface area (Å²) >= 11 is 0. The molecule has 254 valence electrons. The van der Waals surface area contributed by atoms with E-state index in [9.17, 15) is 18.0 Å². The Labute approximate surface area is 275 Å². The molecule has 0 bridgehead atoms. The van der Waals surface area contributed by atoms with Crippen molar-refractivity contribution in [3.8, 4) is 11.1 Å². The van der Waals surface area contributed by atoms with E-state index in [2.05, 4.69) is 76.0 Å². The van der Waals surface area contributed by atoms with E-state index in [4.69, 9.17) is 9.90 Å². The molecule has 1 saturated carbocycles. The third-order valence-electron chi connectivity index (χ3n) is 8.59. The number of para-hydroxylation sites is 1. The molecule has 2 fully saturated rings. The number of urea groups is 1. The molecular formula is C36H46F3N5O3. The Morgan fingerprint density at radius 1 is 0.872 bits per heavy atom. The van der Waals surface area contributed by atoms with E-state index in [0.29, 0.717) is 12.6 Å². The van der Waals surface area contributed by atoms with Crippen molar-refractivity contribution in [1.82, 2.24) is 20.0 Å². The summed E-state index contributed by atoms with van der Waals surface area (Å²) in [5, 5.41) is 13.9. The number of nitrogens with one attached hydrogen (secondary N) is 2. The van der Waals surface area contributed by atoms with E-state index in [0.717, 1.165) is 63.5 Å². The lowest BCUT2D eigenvalue weighted by atomic mass is 10.0. The molecule has 1 heterocycles. The summed E-state index contributed by atoms with van der Waals surface area (Å²) in [4.78, 5) is 29.1. The number of carbonyl (C=O) groups is 2. The van der Waals surface area contributed by atoms with Gasteiger partial charge in [0.05, 0.1) is 0 Å². The molecule has 1 aliphatic carbocycles. The van der Waals surface area contributed by atoms with Gasteiger partial charge in [0.25, 0.3) is 0 Å². The van der Waals surface area contributed by atoms with Crippen LogP contribution in [0.25, 0.3) is 11.1 Å². The largest absolute Gasteiger partial charge is 0.490 e. The van der Waals surface area contributed by atoms with E-state index >= 15 is 0 Å². The van der Waals surface area contributed by atoms with Gasteiger partial charge < -0.3 is 30.4 Å². The number of piperazine rings is 1. The lowest BCUT2D eigenvalue weighted by Crippen LogP contribution is -2.45. The third-order valence-corrected chi connectivity index (χ3v) is 8.59. The number of benzene rings is 3. The number of halogens is 3. The molecule has 0 atom stereocenters. The van der Waals surface area contributed by atoms with Gasteiger partial charge in [0.15, 0.2) is 0 Å². The van der Waals surface area contributed by atoms with Gasteiger partial charge >= 0.3 is 18.2 Å². The molecular weight excluding hydrogens is 607 g/mol. The van der Waals surface area contributed by atoms with Gasteiger partial charge in [-0.3, -0.25) is 0 Å². The van der Waals surface area contributed by atoms with Crippen LogP contribution in [0.2, 0.25) is 0 Å². The first-order valence-corrected chi connectivity index (χ1v) is 16.3. The van der Waals surface area contributed by atoms with E-state index in [1.54, 1.807) is 0 Å². The summed E-state index contributed by atoms with van der Waals surface area (Å²) in [6.07, 6.45) is 1.19. The number of carboxylic acid groups (broad SMARTS) is 1. The van der Waals surface area contributed by atoms with Crippen LogP contribution < -0.4 is 10.6 Å². The lowest BCUT2D eigenvalue weighted by molar-refractivity contribution is -0.192. The number of hydrogen-bond acceptors (Lipinski definition) is 5. The predicted molar refractivity (Wildman–Crippen MR) is 179 cm³/mol. The van der Waals surface area contributed by atoms with Gasteiger partial charge in [0, 0.05) is 57.5 Å². The van der Waals surface area contributed by atoms with Gasteiger partial charge in [-0.15, -0.1) is 0 Å². The zero-order chi connectivity index (χ0) is 33.6. The van der Waals surface area contributed by atoms with Crippen molar-refractivity contribution in [3.05, 3.63) is 90.0 Å². The molecule has 1 aliphatic heterocycles. The van der Waals surface area contributed by atoms with Crippen molar-refractivity contribution >= 4 is 17.7 Å². The van der Waals surface area contributed by atoms with Crippen LogP contribution in [0.4, 0.5) is 23.7 Å². The highest BCUT2D eigenvalue weighted by atomic mass is 19.4. The van der Waals surface area contributed by atoms with Gasteiger partial charge in [0.2, 0.25) is 0 Å². The Kier molecular flexibility index (Phi) is 13.6. The average Bonchev–Trinajstić information content (AvgIpc) is 3.59. The molecule has 3 N–H and O–H groups in total. The fourth-order valence-electron chi connectivity index (χ4n) is 5.81. The first-order valence-electron chi connectivity index (χ1n) is 16.3. The van der Waals surface area contributed by atoms with Crippen molar-refractivity contribution in [2.24, 2.45) is 0 Å². The summed E-state index contributed by atoms with van der Waals surface area (Å²) < 4.78 is 31.7. The second kappa shape index (κ2) is 17.8. The molecule has 2 amide bonds. The fraction of sp³-hybridized carbons (Fsp3) is 0.444. The zero-order valence-corrected chi connectivity index (χ0v) is 27.0. The molecule has 0 aromatic heterocycles. The number of likely N-dealkylation sites (N-methyl/N-ethyl adjacent to an activating group) is 1. The zero-order valence-electron chi connectivity index (χ0n) is 27.0. The van der Waals surface area contributed by atoms with E-state index in [1.165, 1.54) is 42.4 Å². The van der Waals surface area contributed by atoms with Gasteiger partial charge in [0.1, 0.15) is 0 Å². The van der Waals surface area contributed by atoms with E-state index < -0.39 is 12.1 Å². The second-order valence-corrected chi connectivity index (χ2v) is 12.3. The molecule has 8 nitrogen and oxygen atoms in total. The molecule has 11 heteroatoms. The number of alkyl halides is 3. The topological polar surface area (TPSA) is 88.2 Å². The molecule has 2 aliphatic rings. The van der Waals surface area contributed by atoms with Gasteiger partial charge in [-0.05, 0) is 73.3 Å². The number of hydrogen-bond donors (Lipinski definition) is 3. The van der Waals surface area contributed by atoms with Crippen molar-refractivity contribution in [2.75, 3.05) is 51.6 Å². The standard InChI is InChI=1S/C34H45N5O.C2HF3O2/c1-37-21-23-38(24-22-37)19-8-20-39(34(40)36-33-13-3-2-4-14-33)27-28-15-17-30(18-16-28)31-10-7-9-29(25-31)26-35-32-11-5-6-12-32;3-2(4,5)1(6)7/h2-4,7,9-10,13-18,25,32,35H,5-6,8,11-12,19-24,26-27H2,1H3,(H,36,40);(H,6,7). The fourth-order valence-corrected chi connectivity index (χ4v) is 5.81. The van der Waals surface area contributed by atoms with Crippen LogP contribution in [0.1, 0.15) is 43.2 Å². The minimum Gasteiger partial charge on any atom is -0.475 e. The number of carbonyl (C=O) groups excluding carboxylic acids is 1. The van der Waals surface area contributed by atoms with Crippen molar-refractivity contribution < 1.29 is 27.9 Å². The second-order valence-electron chi connectivity index (χ2n) is 12.3. The molecule has 0 spiro atoms. The number of amides is 2. The van der Waals surface area contributed by atoms with Gasteiger partial charge in [-0.25, -0.2) is 9.59 Å². The first kappa shape index (κ1) is 35.9. The van der Waals surface area contributed by atoms with Crippen LogP contribution in [-0.2, 0) is 17.9 Å². The molecule has 3 aromatic carbocycles. The maximum absolute atomic E-state index is 13.3. The van der Waals surface area contributed by atoms with Crippen LogP contribution in [0.15, 0.2) is 78.9 Å². The highest BCUT2D eigenvalue weighted by Gasteiger charge is 2.38. The smallest absolute Gasteiger partial charge is 0.475 e. The number of anilines is 1. The quantitative estimate of drug-likeness (QED) is 0.214. The highest BCUT2D eigenvalue weighted by molar-refractivity contribution is 5.89. The van der Waals surface area contributed by atoms with Crippen LogP contribution in [0.5, 0.6) is 0 Å². The Morgan fingerprint density at radius 3 is 2.17 bits per heavy atom. The van der Waals surface area contributed by atoms with E-state index in [1.807, 2.05) is 35.2 Å². The first-order chi connectivity index (χ1) is 22.6. The molecule has 0 unspecified atom stereocenters. The Bertz CT molecular complexity index is 1390. The highest BCUT2D eigenvalue weighted by Crippen LogP contribution is 2.23. The molecule has 47 heavy (non-hydrogen) atoms. The molecule has 0 radical (unpaired) electrons. The summed E-state index contributed by atoms with van der Waals surface area (Å²) in [5.41, 5.74) is 5.75. The van der Waals surface area contributed by atoms with Crippen molar-refractivity contribution in [3.63, 3.8) is 0 Å². The maximum atomic E-state index is 13.3. The predicted octanol–water partition coefficient (Wildman–Crippen LogP) is 6.69. The summed E-state index contributed by atoms with van der Waals surface area (Å²) in [6, 6.07) is 27.9. The Hall–Kier alpha value is -3.93. The minimum absolute atomic E-state index is 0.0453. The Balaban J connectivity index is 0.000000644. The molecule has 3 aromatic rings. The van der Waals surface area contributed by atoms with E-state index in [-0.39, 0.29) is 6.03 Å². The van der Waals surface area contributed by atoms with Crippen LogP contribution in [0.3, 0.4) is 0 Å². The SMILES string of the molecule is CN1CCN(CCCN(Cc2ccc(-c3cccc(CNC4CCCC4)c3)cc2)C(=O)Nc2ccccc2)CC1.O=C(O)C(F)(F)F. The van der Waals surface area contributed by atoms with Crippen LogP contribution >= 0.6 is 0 Å². The van der Waals surface area contributed by atoms with Crippen molar-refractivity contribution in [2.45, 2.75) is 57.4 Å². The summed E-state index contributed by atoms with van der Waals surface area (Å²) in [5.74, 6) is -2.76. The van der Waals surface area contributed by atoms with Crippen molar-refractivity contribution in [1.29, 1.82) is 0 Å². The average molecular weight is 654 g/mol. The Morgan fingerprint density at radius 2 is 1.53 bits per heavy atom. The summed E-state index contributed by atoms with van der Waals surface area (Å²) in [6.45, 7) is 7.70. The number of carboxylic acids is 1. The summed E-state index contributed by atoms with van der Waals surface area (Å²) in [7, 11) is 2.18. The third kappa shape index (κ3) is 12.3. The normalized spacial score (nSPS) is 15.9. The molecule has 1 saturated heterocycles. The minimum atomic E-state index is -5.08. The number of rotatable bonds is 11. The monoisotopic (exact) mass is 653 g/mol. The van der Waals surface area contributed by atoms with Gasteiger partial charge in [-0.2, -0.15) is 13.2 Å². The number of aliphatic carboxylic acids is 1. The number of nitrogens with zero attached hydrogens (tertiary/aromatic N) is 3. The maximum Gasteiger partial charge on any atom is 0.490 e. The van der Waals surface area contributed by atoms with Gasteiger partial charge in [-0.1, -0.05) is 73.5 Å². The van der Waals surface area contributed by atoms with Crippen LogP contribution in [-0.4, -0.2) is 90.3 Å². The van der Waals surface area contributed by atoms with Crippen LogP contribution in [0, 0.1) is 0 Å². The molecule has 5 rings (SSSR count).